The number of carbonyl (C=O) groups is 2. The number of ether oxygens (including phenoxy) is 1. The molecule has 0 aliphatic heterocycles. The Bertz CT molecular complexity index is 605. The van der Waals surface area contributed by atoms with Crippen molar-refractivity contribution in [1.82, 2.24) is 5.32 Å². The van der Waals surface area contributed by atoms with E-state index in [4.69, 9.17) is 5.26 Å². The molecule has 0 bridgehead atoms. The highest BCUT2D eigenvalue weighted by molar-refractivity contribution is 5.97. The van der Waals surface area contributed by atoms with Crippen LogP contribution in [0.25, 0.3) is 0 Å². The van der Waals surface area contributed by atoms with Crippen molar-refractivity contribution in [3.63, 3.8) is 0 Å². The van der Waals surface area contributed by atoms with Crippen molar-refractivity contribution >= 4 is 11.9 Å². The SMILES string of the molecule is COC(=O)[C@@H](C[C@H](C)C#N)NC(=O)c1c(F)cc(F)cc1F. The Hall–Kier alpha value is -2.56. The third-order valence-corrected chi connectivity index (χ3v) is 2.83. The van der Waals surface area contributed by atoms with Crippen LogP contribution in [-0.2, 0) is 9.53 Å². The molecule has 1 N–H and O–H groups in total. The van der Waals surface area contributed by atoms with Crippen molar-refractivity contribution in [3.05, 3.63) is 35.1 Å². The summed E-state index contributed by atoms with van der Waals surface area (Å²) in [5.74, 6) is -6.67. The van der Waals surface area contributed by atoms with Gasteiger partial charge in [-0.3, -0.25) is 4.79 Å². The van der Waals surface area contributed by atoms with E-state index in [0.717, 1.165) is 7.11 Å². The molecule has 0 fully saturated rings. The van der Waals surface area contributed by atoms with Gasteiger partial charge in [-0.15, -0.1) is 0 Å². The Morgan fingerprint density at radius 1 is 1.32 bits per heavy atom. The number of methoxy groups -OCH3 is 1. The van der Waals surface area contributed by atoms with Gasteiger partial charge in [-0.2, -0.15) is 5.26 Å². The van der Waals surface area contributed by atoms with Crippen LogP contribution >= 0.6 is 0 Å². The number of carbonyl (C=O) groups excluding carboxylic acids is 2. The zero-order chi connectivity index (χ0) is 16.9. The molecule has 5 nitrogen and oxygen atoms in total. The topological polar surface area (TPSA) is 79.2 Å². The van der Waals surface area contributed by atoms with E-state index in [-0.39, 0.29) is 6.42 Å². The Morgan fingerprint density at radius 3 is 2.32 bits per heavy atom. The van der Waals surface area contributed by atoms with Gasteiger partial charge in [0, 0.05) is 18.1 Å². The first-order chi connectivity index (χ1) is 10.3. The van der Waals surface area contributed by atoms with Crippen molar-refractivity contribution in [2.45, 2.75) is 19.4 Å². The van der Waals surface area contributed by atoms with Crippen molar-refractivity contribution in [1.29, 1.82) is 5.26 Å². The fourth-order valence-corrected chi connectivity index (χ4v) is 1.75. The summed E-state index contributed by atoms with van der Waals surface area (Å²) in [5.41, 5.74) is -1.01. The smallest absolute Gasteiger partial charge is 0.328 e. The predicted molar refractivity (Wildman–Crippen MR) is 69.0 cm³/mol. The van der Waals surface area contributed by atoms with Crippen LogP contribution in [0.2, 0.25) is 0 Å². The van der Waals surface area contributed by atoms with Crippen LogP contribution in [0.15, 0.2) is 12.1 Å². The highest BCUT2D eigenvalue weighted by atomic mass is 19.1. The summed E-state index contributed by atoms with van der Waals surface area (Å²) in [7, 11) is 1.07. The summed E-state index contributed by atoms with van der Waals surface area (Å²) in [6.07, 6.45) is -0.0979. The van der Waals surface area contributed by atoms with Crippen molar-refractivity contribution in [2.75, 3.05) is 7.11 Å². The first-order valence-electron chi connectivity index (χ1n) is 6.23. The molecule has 0 saturated carbocycles. The van der Waals surface area contributed by atoms with E-state index in [1.54, 1.807) is 0 Å². The average Bonchev–Trinajstić information content (AvgIpc) is 2.44. The van der Waals surface area contributed by atoms with Gasteiger partial charge in [0.15, 0.2) is 0 Å². The second kappa shape index (κ2) is 7.45. The maximum absolute atomic E-state index is 13.5. The van der Waals surface area contributed by atoms with Gasteiger partial charge in [0.1, 0.15) is 29.1 Å². The summed E-state index contributed by atoms with van der Waals surface area (Å²) < 4.78 is 44.3. The fourth-order valence-electron chi connectivity index (χ4n) is 1.75. The molecule has 1 amide bonds. The summed E-state index contributed by atoms with van der Waals surface area (Å²) in [5, 5.41) is 10.8. The number of nitrogens with one attached hydrogen (secondary N) is 1. The number of nitriles is 1. The average molecular weight is 314 g/mol. The lowest BCUT2D eigenvalue weighted by Gasteiger charge is -2.17. The van der Waals surface area contributed by atoms with Gasteiger partial charge in [0.25, 0.3) is 5.91 Å². The zero-order valence-corrected chi connectivity index (χ0v) is 11.8. The van der Waals surface area contributed by atoms with E-state index < -0.39 is 46.9 Å². The number of amides is 1. The molecule has 0 aromatic heterocycles. The van der Waals surface area contributed by atoms with Gasteiger partial charge in [0.2, 0.25) is 0 Å². The second-order valence-electron chi connectivity index (χ2n) is 4.56. The molecule has 0 spiro atoms. The Balaban J connectivity index is 3.01. The van der Waals surface area contributed by atoms with Crippen LogP contribution in [0.3, 0.4) is 0 Å². The van der Waals surface area contributed by atoms with Gasteiger partial charge in [-0.05, 0) is 13.3 Å². The first-order valence-corrected chi connectivity index (χ1v) is 6.23. The van der Waals surface area contributed by atoms with Crippen molar-refractivity contribution in [3.8, 4) is 6.07 Å². The van der Waals surface area contributed by atoms with Crippen LogP contribution in [0.5, 0.6) is 0 Å². The predicted octanol–water partition coefficient (Wildman–Crippen LogP) is 1.93. The van der Waals surface area contributed by atoms with E-state index in [9.17, 15) is 22.8 Å². The lowest BCUT2D eigenvalue weighted by Crippen LogP contribution is -2.43. The molecule has 0 unspecified atom stereocenters. The molecule has 0 saturated heterocycles. The van der Waals surface area contributed by atoms with E-state index in [2.05, 4.69) is 10.1 Å². The molecule has 8 heteroatoms. The molecule has 1 aromatic rings. The Labute approximate surface area is 124 Å². The van der Waals surface area contributed by atoms with Gasteiger partial charge in [-0.1, -0.05) is 0 Å². The first kappa shape index (κ1) is 17.5. The molecule has 1 aromatic carbocycles. The summed E-state index contributed by atoms with van der Waals surface area (Å²) in [6.45, 7) is 1.50. The van der Waals surface area contributed by atoms with Crippen molar-refractivity contribution < 1.29 is 27.5 Å². The number of hydrogen-bond acceptors (Lipinski definition) is 4. The highest BCUT2D eigenvalue weighted by Gasteiger charge is 2.27. The summed E-state index contributed by atoms with van der Waals surface area (Å²) in [6, 6.07) is 1.31. The number of esters is 1. The third-order valence-electron chi connectivity index (χ3n) is 2.83. The quantitative estimate of drug-likeness (QED) is 0.842. The van der Waals surface area contributed by atoms with Crippen LogP contribution in [0, 0.1) is 34.7 Å². The molecule has 0 aliphatic carbocycles. The molecule has 22 heavy (non-hydrogen) atoms. The highest BCUT2D eigenvalue weighted by Crippen LogP contribution is 2.16. The minimum absolute atomic E-state index is 0.0979. The lowest BCUT2D eigenvalue weighted by atomic mass is 10.0. The monoisotopic (exact) mass is 314 g/mol. The third kappa shape index (κ3) is 4.22. The van der Waals surface area contributed by atoms with Gasteiger partial charge in [0.05, 0.1) is 13.2 Å². The van der Waals surface area contributed by atoms with Gasteiger partial charge in [-0.25, -0.2) is 18.0 Å². The number of benzene rings is 1. The lowest BCUT2D eigenvalue weighted by molar-refractivity contribution is -0.143. The Morgan fingerprint density at radius 2 is 1.86 bits per heavy atom. The normalized spacial score (nSPS) is 12.9. The van der Waals surface area contributed by atoms with Crippen molar-refractivity contribution in [2.24, 2.45) is 5.92 Å². The van der Waals surface area contributed by atoms with E-state index in [1.165, 1.54) is 6.92 Å². The van der Waals surface area contributed by atoms with Gasteiger partial charge >= 0.3 is 5.97 Å². The molecule has 118 valence electrons. The molecule has 1 rings (SSSR count). The Kier molecular flexibility index (Phi) is 5.92. The zero-order valence-electron chi connectivity index (χ0n) is 11.8. The van der Waals surface area contributed by atoms with Gasteiger partial charge < -0.3 is 10.1 Å². The van der Waals surface area contributed by atoms with E-state index >= 15 is 0 Å². The molecule has 0 aliphatic rings. The molecule has 2 atom stereocenters. The minimum atomic E-state index is -1.40. The number of hydrogen-bond donors (Lipinski definition) is 1. The standard InChI is InChI=1S/C14H13F3N2O3/c1-7(6-18)3-11(14(21)22-2)19-13(20)12-9(16)4-8(15)5-10(12)17/h4-5,7,11H,3H2,1-2H3,(H,19,20)/t7-,11+/m0/s1. The van der Waals surface area contributed by atoms with Crippen LogP contribution < -0.4 is 5.32 Å². The maximum Gasteiger partial charge on any atom is 0.328 e. The minimum Gasteiger partial charge on any atom is -0.467 e. The van der Waals surface area contributed by atoms with E-state index in [0.29, 0.717) is 12.1 Å². The fraction of sp³-hybridized carbons (Fsp3) is 0.357. The van der Waals surface area contributed by atoms with Crippen LogP contribution in [-0.4, -0.2) is 25.0 Å². The molecule has 0 radical (unpaired) electrons. The summed E-state index contributed by atoms with van der Waals surface area (Å²) >= 11 is 0. The number of nitrogens with zero attached hydrogens (tertiary/aromatic N) is 1. The molecule has 0 heterocycles. The number of rotatable bonds is 5. The van der Waals surface area contributed by atoms with Crippen LogP contribution in [0.4, 0.5) is 13.2 Å². The number of halogens is 3. The largest absolute Gasteiger partial charge is 0.467 e. The summed E-state index contributed by atoms with van der Waals surface area (Å²) in [4.78, 5) is 23.5. The second-order valence-corrected chi connectivity index (χ2v) is 4.56. The maximum atomic E-state index is 13.5. The van der Waals surface area contributed by atoms with E-state index in [1.807, 2.05) is 6.07 Å². The van der Waals surface area contributed by atoms with Crippen LogP contribution in [0.1, 0.15) is 23.7 Å². The molecular formula is C14H13F3N2O3. The molecular weight excluding hydrogens is 301 g/mol.